The van der Waals surface area contributed by atoms with Crippen molar-refractivity contribution in [2.75, 3.05) is 7.11 Å². The van der Waals surface area contributed by atoms with E-state index in [-0.39, 0.29) is 18.0 Å². The Morgan fingerprint density at radius 1 is 1.33 bits per heavy atom. The van der Waals surface area contributed by atoms with Gasteiger partial charge in [-0.25, -0.2) is 4.39 Å². The van der Waals surface area contributed by atoms with Crippen molar-refractivity contribution in [2.24, 2.45) is 11.1 Å². The summed E-state index contributed by atoms with van der Waals surface area (Å²) in [6, 6.07) is 3.68. The molecule has 0 aromatic heterocycles. The van der Waals surface area contributed by atoms with E-state index < -0.39 is 23.4 Å². The van der Waals surface area contributed by atoms with E-state index in [1.807, 2.05) is 20.8 Å². The SMILES string of the molecule is COc1cccc(F)c1[C@H](N)[C@H](O)C(C)(C)C.Cl. The third kappa shape index (κ3) is 3.57. The number of methoxy groups -OCH3 is 1. The summed E-state index contributed by atoms with van der Waals surface area (Å²) in [5, 5.41) is 10.1. The second kappa shape index (κ2) is 6.36. The number of aliphatic hydroxyl groups excluding tert-OH is 1. The molecule has 0 saturated heterocycles. The first-order valence-electron chi connectivity index (χ1n) is 5.55. The van der Waals surface area contributed by atoms with Crippen LogP contribution in [0.4, 0.5) is 4.39 Å². The van der Waals surface area contributed by atoms with Crippen molar-refractivity contribution in [2.45, 2.75) is 32.9 Å². The Morgan fingerprint density at radius 3 is 2.33 bits per heavy atom. The van der Waals surface area contributed by atoms with Crippen molar-refractivity contribution in [1.82, 2.24) is 0 Å². The Bertz CT molecular complexity index is 393. The summed E-state index contributed by atoms with van der Waals surface area (Å²) < 4.78 is 18.8. The number of aliphatic hydroxyl groups is 1. The monoisotopic (exact) mass is 277 g/mol. The number of benzene rings is 1. The molecule has 104 valence electrons. The molecule has 1 aromatic rings. The van der Waals surface area contributed by atoms with Crippen LogP contribution in [0.15, 0.2) is 18.2 Å². The van der Waals surface area contributed by atoms with Crippen LogP contribution in [0.3, 0.4) is 0 Å². The van der Waals surface area contributed by atoms with Crippen LogP contribution < -0.4 is 10.5 Å². The molecule has 0 radical (unpaired) electrons. The Hall–Kier alpha value is -0.840. The van der Waals surface area contributed by atoms with Gasteiger partial charge in [0.25, 0.3) is 0 Å². The quantitative estimate of drug-likeness (QED) is 0.893. The largest absolute Gasteiger partial charge is 0.496 e. The van der Waals surface area contributed by atoms with Gasteiger partial charge in [-0.1, -0.05) is 26.8 Å². The minimum Gasteiger partial charge on any atom is -0.496 e. The van der Waals surface area contributed by atoms with Crippen LogP contribution in [0, 0.1) is 11.2 Å². The number of ether oxygens (including phenoxy) is 1. The van der Waals surface area contributed by atoms with Crippen LogP contribution in [0.25, 0.3) is 0 Å². The van der Waals surface area contributed by atoms with Crippen LogP contribution in [0.5, 0.6) is 5.75 Å². The molecule has 2 atom stereocenters. The molecule has 3 N–H and O–H groups in total. The van der Waals surface area contributed by atoms with Crippen molar-refractivity contribution in [1.29, 1.82) is 0 Å². The summed E-state index contributed by atoms with van der Waals surface area (Å²) in [6.07, 6.45) is -0.853. The van der Waals surface area contributed by atoms with E-state index in [1.165, 1.54) is 13.2 Å². The molecule has 0 aliphatic rings. The van der Waals surface area contributed by atoms with Gasteiger partial charge in [-0.2, -0.15) is 0 Å². The molecule has 0 heterocycles. The van der Waals surface area contributed by atoms with E-state index in [2.05, 4.69) is 0 Å². The third-order valence-electron chi connectivity index (χ3n) is 2.79. The maximum absolute atomic E-state index is 13.8. The van der Waals surface area contributed by atoms with Crippen LogP contribution in [-0.2, 0) is 0 Å². The highest BCUT2D eigenvalue weighted by Crippen LogP contribution is 2.34. The standard InChI is InChI=1S/C13H20FNO2.ClH/c1-13(2,3)12(16)11(15)10-8(14)6-5-7-9(10)17-4;/h5-7,11-12,16H,15H2,1-4H3;1H/t11-,12-;/m0./s1. The number of rotatable bonds is 3. The first-order chi connectivity index (χ1) is 7.79. The lowest BCUT2D eigenvalue weighted by atomic mass is 9.82. The van der Waals surface area contributed by atoms with Gasteiger partial charge in [0, 0.05) is 5.56 Å². The molecule has 0 unspecified atom stereocenters. The molecule has 1 aromatic carbocycles. The fraction of sp³-hybridized carbons (Fsp3) is 0.538. The van der Waals surface area contributed by atoms with Crippen LogP contribution in [-0.4, -0.2) is 18.3 Å². The lowest BCUT2D eigenvalue weighted by molar-refractivity contribution is 0.0384. The van der Waals surface area contributed by atoms with Gasteiger partial charge in [-0.05, 0) is 17.5 Å². The molecular formula is C13H21ClFNO2. The summed E-state index contributed by atoms with van der Waals surface area (Å²) in [7, 11) is 1.45. The lowest BCUT2D eigenvalue weighted by Gasteiger charge is -2.31. The van der Waals surface area contributed by atoms with E-state index in [9.17, 15) is 9.50 Å². The Morgan fingerprint density at radius 2 is 1.89 bits per heavy atom. The highest BCUT2D eigenvalue weighted by atomic mass is 35.5. The minimum absolute atomic E-state index is 0. The molecule has 5 heteroatoms. The first-order valence-corrected chi connectivity index (χ1v) is 5.55. The van der Waals surface area contributed by atoms with Crippen molar-refractivity contribution in [3.63, 3.8) is 0 Å². The van der Waals surface area contributed by atoms with Gasteiger partial charge in [-0.3, -0.25) is 0 Å². The zero-order valence-corrected chi connectivity index (χ0v) is 11.9. The molecule has 0 aliphatic carbocycles. The summed E-state index contributed by atoms with van der Waals surface area (Å²) in [5.41, 5.74) is 5.73. The summed E-state index contributed by atoms with van der Waals surface area (Å²) in [6.45, 7) is 5.56. The van der Waals surface area contributed by atoms with Gasteiger partial charge in [0.15, 0.2) is 0 Å². The molecule has 0 saturated carbocycles. The van der Waals surface area contributed by atoms with E-state index in [4.69, 9.17) is 10.5 Å². The highest BCUT2D eigenvalue weighted by Gasteiger charge is 2.32. The van der Waals surface area contributed by atoms with Gasteiger partial charge in [-0.15, -0.1) is 12.4 Å². The molecule has 0 bridgehead atoms. The second-order valence-corrected chi connectivity index (χ2v) is 5.19. The minimum atomic E-state index is -0.853. The highest BCUT2D eigenvalue weighted by molar-refractivity contribution is 5.85. The van der Waals surface area contributed by atoms with E-state index in [0.29, 0.717) is 5.75 Å². The average Bonchev–Trinajstić information content (AvgIpc) is 2.25. The van der Waals surface area contributed by atoms with Crippen molar-refractivity contribution in [3.8, 4) is 5.75 Å². The molecule has 1 rings (SSSR count). The summed E-state index contributed by atoms with van der Waals surface area (Å²) in [5.74, 6) is -0.0963. The van der Waals surface area contributed by atoms with Crippen molar-refractivity contribution < 1.29 is 14.2 Å². The number of hydrogen-bond donors (Lipinski definition) is 2. The fourth-order valence-electron chi connectivity index (χ4n) is 1.72. The fourth-order valence-corrected chi connectivity index (χ4v) is 1.72. The first kappa shape index (κ1) is 17.2. The maximum Gasteiger partial charge on any atom is 0.131 e. The van der Waals surface area contributed by atoms with Crippen LogP contribution in [0.1, 0.15) is 32.4 Å². The number of halogens is 2. The molecule has 0 spiro atoms. The van der Waals surface area contributed by atoms with Crippen LogP contribution in [0.2, 0.25) is 0 Å². The molecule has 0 fully saturated rings. The second-order valence-electron chi connectivity index (χ2n) is 5.19. The maximum atomic E-state index is 13.8. The topological polar surface area (TPSA) is 55.5 Å². The van der Waals surface area contributed by atoms with Gasteiger partial charge in [0.2, 0.25) is 0 Å². The van der Waals surface area contributed by atoms with Crippen molar-refractivity contribution in [3.05, 3.63) is 29.6 Å². The predicted octanol–water partition coefficient (Wildman–Crippen LogP) is 2.66. The third-order valence-corrected chi connectivity index (χ3v) is 2.79. The average molecular weight is 278 g/mol. The summed E-state index contributed by atoms with van der Waals surface area (Å²) >= 11 is 0. The zero-order chi connectivity index (χ0) is 13.2. The van der Waals surface area contributed by atoms with Gasteiger partial charge < -0.3 is 15.6 Å². The molecular weight excluding hydrogens is 257 g/mol. The summed E-state index contributed by atoms with van der Waals surface area (Å²) in [4.78, 5) is 0. The Kier molecular flexibility index (Phi) is 6.07. The van der Waals surface area contributed by atoms with E-state index in [0.717, 1.165) is 0 Å². The lowest BCUT2D eigenvalue weighted by Crippen LogP contribution is -2.37. The number of hydrogen-bond acceptors (Lipinski definition) is 3. The Labute approximate surface area is 114 Å². The molecule has 18 heavy (non-hydrogen) atoms. The smallest absolute Gasteiger partial charge is 0.131 e. The predicted molar refractivity (Wildman–Crippen MR) is 72.6 cm³/mol. The van der Waals surface area contributed by atoms with Crippen molar-refractivity contribution >= 4 is 12.4 Å². The molecule has 3 nitrogen and oxygen atoms in total. The van der Waals surface area contributed by atoms with Crippen LogP contribution >= 0.6 is 12.4 Å². The Balaban J connectivity index is 0.00000289. The van der Waals surface area contributed by atoms with Gasteiger partial charge >= 0.3 is 0 Å². The van der Waals surface area contributed by atoms with E-state index in [1.54, 1.807) is 12.1 Å². The molecule has 0 aliphatic heterocycles. The van der Waals surface area contributed by atoms with E-state index >= 15 is 0 Å². The van der Waals surface area contributed by atoms with Gasteiger partial charge in [0.1, 0.15) is 11.6 Å². The number of nitrogens with two attached hydrogens (primary N) is 1. The zero-order valence-electron chi connectivity index (χ0n) is 11.1. The van der Waals surface area contributed by atoms with Gasteiger partial charge in [0.05, 0.1) is 19.3 Å². The normalized spacial score (nSPS) is 14.6. The molecule has 0 amide bonds.